The summed E-state index contributed by atoms with van der Waals surface area (Å²) in [5.74, 6) is 0.157. The van der Waals surface area contributed by atoms with Gasteiger partial charge in [0.05, 0.1) is 12.7 Å². The molecule has 3 N–H and O–H groups in total. The molecule has 0 saturated carbocycles. The highest BCUT2D eigenvalue weighted by molar-refractivity contribution is 5.75. The quantitative estimate of drug-likeness (QED) is 0.515. The van der Waals surface area contributed by atoms with E-state index in [9.17, 15) is 9.90 Å². The summed E-state index contributed by atoms with van der Waals surface area (Å²) in [6.07, 6.45) is 2.76. The van der Waals surface area contributed by atoms with Crippen molar-refractivity contribution in [3.8, 4) is 0 Å². The molecule has 0 unspecified atom stereocenters. The van der Waals surface area contributed by atoms with Gasteiger partial charge in [-0.3, -0.25) is 4.79 Å². The van der Waals surface area contributed by atoms with Crippen molar-refractivity contribution in [3.05, 3.63) is 12.7 Å². The van der Waals surface area contributed by atoms with Gasteiger partial charge in [-0.1, -0.05) is 13.0 Å². The predicted molar refractivity (Wildman–Crippen MR) is 59.3 cm³/mol. The Bertz CT molecular complexity index is 194. The summed E-state index contributed by atoms with van der Waals surface area (Å²) >= 11 is 0. The molecule has 0 aliphatic heterocycles. The highest BCUT2D eigenvalue weighted by Gasteiger charge is 2.10. The van der Waals surface area contributed by atoms with Crippen molar-refractivity contribution < 1.29 is 15.0 Å². The van der Waals surface area contributed by atoms with E-state index in [4.69, 9.17) is 5.11 Å². The van der Waals surface area contributed by atoms with Crippen LogP contribution in [-0.4, -0.2) is 35.4 Å². The van der Waals surface area contributed by atoms with Gasteiger partial charge < -0.3 is 15.5 Å². The van der Waals surface area contributed by atoms with Gasteiger partial charge in [-0.05, 0) is 18.8 Å². The lowest BCUT2D eigenvalue weighted by atomic mass is 9.98. The second-order valence-electron chi connectivity index (χ2n) is 3.56. The number of hydrogen-bond acceptors (Lipinski definition) is 3. The molecule has 88 valence electrons. The van der Waals surface area contributed by atoms with E-state index in [1.807, 2.05) is 0 Å². The standard InChI is InChI=1S/C11H21NO3/c1-3-9(7-10(14)8-13)5-6-12-11(15)4-2/h3,9-10,13-14H,1,4-8H2,2H3,(H,12,15)/t9-,10+/m1/s1. The molecule has 0 spiro atoms. The molecule has 0 aromatic heterocycles. The summed E-state index contributed by atoms with van der Waals surface area (Å²) in [5, 5.41) is 20.7. The first-order valence-corrected chi connectivity index (χ1v) is 5.32. The normalized spacial score (nSPS) is 14.3. The zero-order valence-electron chi connectivity index (χ0n) is 9.28. The third kappa shape index (κ3) is 7.11. The maximum atomic E-state index is 10.9. The Hall–Kier alpha value is -0.870. The van der Waals surface area contributed by atoms with Crippen LogP contribution in [0.3, 0.4) is 0 Å². The molecular formula is C11H21NO3. The fraction of sp³-hybridized carbons (Fsp3) is 0.727. The van der Waals surface area contributed by atoms with E-state index in [1.54, 1.807) is 13.0 Å². The predicted octanol–water partition coefficient (Wildman–Crippen LogP) is 0.448. The molecule has 0 aromatic carbocycles. The van der Waals surface area contributed by atoms with Crippen LogP contribution < -0.4 is 5.32 Å². The first kappa shape index (κ1) is 14.1. The fourth-order valence-corrected chi connectivity index (χ4v) is 1.28. The van der Waals surface area contributed by atoms with Gasteiger partial charge in [0.15, 0.2) is 0 Å². The largest absolute Gasteiger partial charge is 0.394 e. The molecule has 0 saturated heterocycles. The molecule has 0 fully saturated rings. The minimum atomic E-state index is -0.699. The van der Waals surface area contributed by atoms with Crippen molar-refractivity contribution in [2.45, 2.75) is 32.3 Å². The number of hydrogen-bond donors (Lipinski definition) is 3. The van der Waals surface area contributed by atoms with E-state index in [0.717, 1.165) is 6.42 Å². The molecule has 0 aromatic rings. The van der Waals surface area contributed by atoms with Crippen molar-refractivity contribution in [3.63, 3.8) is 0 Å². The van der Waals surface area contributed by atoms with Gasteiger partial charge >= 0.3 is 0 Å². The summed E-state index contributed by atoms with van der Waals surface area (Å²) in [7, 11) is 0. The molecule has 0 rings (SSSR count). The lowest BCUT2D eigenvalue weighted by Gasteiger charge is -2.15. The molecule has 4 heteroatoms. The van der Waals surface area contributed by atoms with Crippen LogP contribution in [0.15, 0.2) is 12.7 Å². The monoisotopic (exact) mass is 215 g/mol. The van der Waals surface area contributed by atoms with Gasteiger partial charge in [0.2, 0.25) is 5.91 Å². The number of rotatable bonds is 8. The lowest BCUT2D eigenvalue weighted by Crippen LogP contribution is -2.26. The van der Waals surface area contributed by atoms with Crippen molar-refractivity contribution in [2.24, 2.45) is 5.92 Å². The Morgan fingerprint density at radius 3 is 2.73 bits per heavy atom. The molecule has 0 aliphatic carbocycles. The number of carbonyl (C=O) groups is 1. The maximum absolute atomic E-state index is 10.9. The molecule has 15 heavy (non-hydrogen) atoms. The summed E-state index contributed by atoms with van der Waals surface area (Å²) in [5.41, 5.74) is 0. The Kier molecular flexibility index (Phi) is 7.95. The minimum Gasteiger partial charge on any atom is -0.394 e. The smallest absolute Gasteiger partial charge is 0.219 e. The van der Waals surface area contributed by atoms with Crippen LogP contribution in [0.2, 0.25) is 0 Å². The lowest BCUT2D eigenvalue weighted by molar-refractivity contribution is -0.120. The molecular weight excluding hydrogens is 194 g/mol. The van der Waals surface area contributed by atoms with Crippen molar-refractivity contribution >= 4 is 5.91 Å². The Balaban J connectivity index is 3.70. The summed E-state index contributed by atoms with van der Waals surface area (Å²) < 4.78 is 0. The van der Waals surface area contributed by atoms with Gasteiger partial charge in [0, 0.05) is 13.0 Å². The maximum Gasteiger partial charge on any atom is 0.219 e. The summed E-state index contributed by atoms with van der Waals surface area (Å²) in [6.45, 7) is 5.82. The van der Waals surface area contributed by atoms with E-state index in [-0.39, 0.29) is 18.4 Å². The van der Waals surface area contributed by atoms with Crippen molar-refractivity contribution in [1.82, 2.24) is 5.32 Å². The van der Waals surface area contributed by atoms with Crippen LogP contribution in [0, 0.1) is 5.92 Å². The number of aliphatic hydroxyl groups is 2. The second-order valence-corrected chi connectivity index (χ2v) is 3.56. The number of aliphatic hydroxyl groups excluding tert-OH is 2. The zero-order chi connectivity index (χ0) is 11.7. The van der Waals surface area contributed by atoms with Gasteiger partial charge in [-0.25, -0.2) is 0 Å². The van der Waals surface area contributed by atoms with Crippen LogP contribution >= 0.6 is 0 Å². The molecule has 0 bridgehead atoms. The zero-order valence-corrected chi connectivity index (χ0v) is 9.28. The van der Waals surface area contributed by atoms with E-state index >= 15 is 0 Å². The second kappa shape index (κ2) is 8.44. The van der Waals surface area contributed by atoms with Crippen molar-refractivity contribution in [2.75, 3.05) is 13.2 Å². The average Bonchev–Trinajstić information content (AvgIpc) is 2.26. The highest BCUT2D eigenvalue weighted by Crippen LogP contribution is 2.11. The average molecular weight is 215 g/mol. The summed E-state index contributed by atoms with van der Waals surface area (Å²) in [6, 6.07) is 0. The van der Waals surface area contributed by atoms with E-state index in [0.29, 0.717) is 19.4 Å². The third-order valence-electron chi connectivity index (χ3n) is 2.28. The minimum absolute atomic E-state index is 0.0283. The summed E-state index contributed by atoms with van der Waals surface area (Å²) in [4.78, 5) is 10.9. The van der Waals surface area contributed by atoms with Gasteiger partial charge in [0.25, 0.3) is 0 Å². The van der Waals surface area contributed by atoms with Crippen LogP contribution in [0.4, 0.5) is 0 Å². The van der Waals surface area contributed by atoms with E-state index in [2.05, 4.69) is 11.9 Å². The molecule has 0 radical (unpaired) electrons. The highest BCUT2D eigenvalue weighted by atomic mass is 16.3. The Labute approximate surface area is 91.0 Å². The first-order chi connectivity index (χ1) is 7.13. The number of amides is 1. The van der Waals surface area contributed by atoms with Crippen molar-refractivity contribution in [1.29, 1.82) is 0 Å². The Morgan fingerprint density at radius 1 is 1.60 bits per heavy atom. The van der Waals surface area contributed by atoms with E-state index < -0.39 is 6.10 Å². The van der Waals surface area contributed by atoms with Gasteiger partial charge in [0.1, 0.15) is 0 Å². The topological polar surface area (TPSA) is 69.6 Å². The number of carbonyl (C=O) groups excluding carboxylic acids is 1. The molecule has 0 heterocycles. The molecule has 2 atom stereocenters. The van der Waals surface area contributed by atoms with Crippen LogP contribution in [0.1, 0.15) is 26.2 Å². The number of allylic oxidation sites excluding steroid dienone is 1. The van der Waals surface area contributed by atoms with Gasteiger partial charge in [-0.2, -0.15) is 0 Å². The van der Waals surface area contributed by atoms with Gasteiger partial charge in [-0.15, -0.1) is 6.58 Å². The van der Waals surface area contributed by atoms with Crippen LogP contribution in [0.25, 0.3) is 0 Å². The molecule has 1 amide bonds. The Morgan fingerprint density at radius 2 is 2.27 bits per heavy atom. The third-order valence-corrected chi connectivity index (χ3v) is 2.28. The molecule has 0 aliphatic rings. The number of nitrogens with one attached hydrogen (secondary N) is 1. The first-order valence-electron chi connectivity index (χ1n) is 5.32. The van der Waals surface area contributed by atoms with Crippen LogP contribution in [0.5, 0.6) is 0 Å². The van der Waals surface area contributed by atoms with E-state index in [1.165, 1.54) is 0 Å². The fourth-order valence-electron chi connectivity index (χ4n) is 1.28. The van der Waals surface area contributed by atoms with Crippen LogP contribution in [-0.2, 0) is 4.79 Å². The SMILES string of the molecule is C=C[C@H](CCNC(=O)CC)C[C@H](O)CO. The molecule has 4 nitrogen and oxygen atoms in total.